The fourth-order valence-electron chi connectivity index (χ4n) is 1.34. The lowest BCUT2D eigenvalue weighted by Gasteiger charge is -2.14. The number of hydrogen-bond donors (Lipinski definition) is 0. The fourth-order valence-corrected chi connectivity index (χ4v) is 2.33. The maximum Gasteiger partial charge on any atom is 0.320 e. The van der Waals surface area contributed by atoms with Crippen LogP contribution in [0.2, 0.25) is 0 Å². The molecule has 0 saturated heterocycles. The average molecular weight is 253 g/mol. The van der Waals surface area contributed by atoms with Gasteiger partial charge in [-0.25, -0.2) is 0 Å². The van der Waals surface area contributed by atoms with Gasteiger partial charge in [0.25, 0.3) is 0 Å². The number of carbonyl (C=O) groups is 1. The summed E-state index contributed by atoms with van der Waals surface area (Å²) in [7, 11) is 1.93. The van der Waals surface area contributed by atoms with E-state index in [0.29, 0.717) is 13.2 Å². The molecular weight excluding hydrogens is 234 g/mol. The molecule has 0 fully saturated rings. The molecule has 0 radical (unpaired) electrons. The van der Waals surface area contributed by atoms with Crippen molar-refractivity contribution in [3.8, 4) is 0 Å². The van der Waals surface area contributed by atoms with Gasteiger partial charge in [-0.05, 0) is 26.1 Å². The fraction of sp³-hybridized carbons (Fsp3) is 0.462. The Morgan fingerprint density at radius 3 is 2.71 bits per heavy atom. The first-order chi connectivity index (χ1) is 8.22. The largest absolute Gasteiger partial charge is 0.465 e. The van der Waals surface area contributed by atoms with Crippen LogP contribution in [-0.2, 0) is 9.53 Å². The maximum absolute atomic E-state index is 11.2. The minimum Gasteiger partial charge on any atom is -0.465 e. The van der Waals surface area contributed by atoms with Gasteiger partial charge in [-0.1, -0.05) is 18.2 Å². The molecule has 94 valence electrons. The molecule has 0 saturated carbocycles. The smallest absolute Gasteiger partial charge is 0.320 e. The molecule has 0 aliphatic carbocycles. The second-order valence-corrected chi connectivity index (χ2v) is 4.87. The maximum atomic E-state index is 11.2. The highest BCUT2D eigenvalue weighted by atomic mass is 32.2. The van der Waals surface area contributed by atoms with Gasteiger partial charge < -0.3 is 4.74 Å². The number of hydrogen-bond acceptors (Lipinski definition) is 4. The Morgan fingerprint density at radius 1 is 1.35 bits per heavy atom. The zero-order chi connectivity index (χ0) is 12.5. The Kier molecular flexibility index (Phi) is 6.74. The molecule has 0 aliphatic rings. The summed E-state index contributed by atoms with van der Waals surface area (Å²) >= 11 is 1.80. The van der Waals surface area contributed by atoms with Crippen molar-refractivity contribution >= 4 is 17.7 Å². The summed E-state index contributed by atoms with van der Waals surface area (Å²) in [5.41, 5.74) is 0. The van der Waals surface area contributed by atoms with Crippen molar-refractivity contribution in [3.05, 3.63) is 30.3 Å². The number of esters is 1. The molecule has 0 atom stereocenters. The van der Waals surface area contributed by atoms with Crippen molar-refractivity contribution in [2.24, 2.45) is 0 Å². The minimum absolute atomic E-state index is 0.153. The first kappa shape index (κ1) is 14.1. The van der Waals surface area contributed by atoms with Gasteiger partial charge in [-0.3, -0.25) is 9.69 Å². The van der Waals surface area contributed by atoms with Crippen molar-refractivity contribution in [1.82, 2.24) is 4.90 Å². The van der Waals surface area contributed by atoms with Gasteiger partial charge in [-0.15, -0.1) is 11.8 Å². The van der Waals surface area contributed by atoms with Crippen LogP contribution in [0.4, 0.5) is 0 Å². The topological polar surface area (TPSA) is 29.5 Å². The molecule has 0 heterocycles. The van der Waals surface area contributed by atoms with E-state index in [1.807, 2.05) is 37.1 Å². The Balaban J connectivity index is 2.16. The van der Waals surface area contributed by atoms with Crippen LogP contribution in [0, 0.1) is 0 Å². The van der Waals surface area contributed by atoms with E-state index in [-0.39, 0.29) is 5.97 Å². The molecule has 0 bridgehead atoms. The molecule has 0 spiro atoms. The van der Waals surface area contributed by atoms with Crippen LogP contribution >= 0.6 is 11.8 Å². The second kappa shape index (κ2) is 8.14. The third-order valence-corrected chi connectivity index (χ3v) is 3.18. The molecule has 1 aromatic rings. The predicted molar refractivity (Wildman–Crippen MR) is 71.3 cm³/mol. The van der Waals surface area contributed by atoms with Crippen molar-refractivity contribution in [3.63, 3.8) is 0 Å². The van der Waals surface area contributed by atoms with Gasteiger partial charge in [0.15, 0.2) is 0 Å². The molecule has 1 rings (SSSR count). The van der Waals surface area contributed by atoms with Crippen molar-refractivity contribution in [1.29, 1.82) is 0 Å². The van der Waals surface area contributed by atoms with E-state index in [1.165, 1.54) is 4.90 Å². The Labute approximate surface area is 107 Å². The highest BCUT2D eigenvalue weighted by Gasteiger charge is 2.06. The Morgan fingerprint density at radius 2 is 2.06 bits per heavy atom. The molecule has 3 nitrogen and oxygen atoms in total. The quantitative estimate of drug-likeness (QED) is 0.551. The monoisotopic (exact) mass is 253 g/mol. The van der Waals surface area contributed by atoms with Crippen molar-refractivity contribution in [2.45, 2.75) is 11.8 Å². The van der Waals surface area contributed by atoms with Gasteiger partial charge in [-0.2, -0.15) is 0 Å². The van der Waals surface area contributed by atoms with Gasteiger partial charge in [0.2, 0.25) is 0 Å². The van der Waals surface area contributed by atoms with Gasteiger partial charge >= 0.3 is 5.97 Å². The third-order valence-electron chi connectivity index (χ3n) is 2.19. The van der Waals surface area contributed by atoms with E-state index < -0.39 is 0 Å². The SMILES string of the molecule is CCOC(=O)CN(C)CCSc1ccccc1. The molecule has 0 amide bonds. The van der Waals surface area contributed by atoms with Gasteiger partial charge in [0.05, 0.1) is 13.2 Å². The first-order valence-corrected chi connectivity index (χ1v) is 6.73. The number of benzene rings is 1. The lowest BCUT2D eigenvalue weighted by atomic mass is 10.4. The molecule has 0 aliphatic heterocycles. The summed E-state index contributed by atoms with van der Waals surface area (Å²) < 4.78 is 4.89. The highest BCUT2D eigenvalue weighted by Crippen LogP contribution is 2.16. The standard InChI is InChI=1S/C13H19NO2S/c1-3-16-13(15)11-14(2)9-10-17-12-7-5-4-6-8-12/h4-8H,3,9-11H2,1-2H3. The molecule has 0 aromatic heterocycles. The minimum atomic E-state index is -0.153. The third kappa shape index (κ3) is 6.34. The van der Waals surface area contributed by atoms with E-state index >= 15 is 0 Å². The van der Waals surface area contributed by atoms with Crippen LogP contribution in [0.3, 0.4) is 0 Å². The normalized spacial score (nSPS) is 10.5. The van der Waals surface area contributed by atoms with Crippen molar-refractivity contribution in [2.75, 3.05) is 32.5 Å². The molecule has 0 N–H and O–H groups in total. The van der Waals surface area contributed by atoms with E-state index in [0.717, 1.165) is 12.3 Å². The number of ether oxygens (including phenoxy) is 1. The lowest BCUT2D eigenvalue weighted by molar-refractivity contribution is -0.144. The molecule has 4 heteroatoms. The van der Waals surface area contributed by atoms with Crippen LogP contribution in [0.15, 0.2) is 35.2 Å². The zero-order valence-corrected chi connectivity index (χ0v) is 11.2. The van der Waals surface area contributed by atoms with Gasteiger partial charge in [0, 0.05) is 17.2 Å². The number of nitrogens with zero attached hydrogens (tertiary/aromatic N) is 1. The average Bonchev–Trinajstić information content (AvgIpc) is 2.30. The second-order valence-electron chi connectivity index (χ2n) is 3.70. The number of rotatable bonds is 7. The first-order valence-electron chi connectivity index (χ1n) is 5.74. The van der Waals surface area contributed by atoms with Crippen molar-refractivity contribution < 1.29 is 9.53 Å². The Hall–Kier alpha value is -1.00. The van der Waals surface area contributed by atoms with Crippen LogP contribution < -0.4 is 0 Å². The molecule has 17 heavy (non-hydrogen) atoms. The van der Waals surface area contributed by atoms with E-state index in [1.54, 1.807) is 11.8 Å². The van der Waals surface area contributed by atoms with E-state index in [2.05, 4.69) is 12.1 Å². The predicted octanol–water partition coefficient (Wildman–Crippen LogP) is 2.27. The summed E-state index contributed by atoms with van der Waals surface area (Å²) in [6.07, 6.45) is 0. The number of thioether (sulfide) groups is 1. The number of carbonyl (C=O) groups excluding carboxylic acids is 1. The Bertz CT molecular complexity index is 329. The van der Waals surface area contributed by atoms with E-state index in [9.17, 15) is 4.79 Å². The highest BCUT2D eigenvalue weighted by molar-refractivity contribution is 7.99. The van der Waals surface area contributed by atoms with E-state index in [4.69, 9.17) is 4.74 Å². The zero-order valence-electron chi connectivity index (χ0n) is 10.4. The summed E-state index contributed by atoms with van der Waals surface area (Å²) in [6, 6.07) is 10.3. The van der Waals surface area contributed by atoms with Crippen LogP contribution in [0.5, 0.6) is 0 Å². The number of likely N-dealkylation sites (N-methyl/N-ethyl adjacent to an activating group) is 1. The molecule has 0 unspecified atom stereocenters. The van der Waals surface area contributed by atoms with Crippen LogP contribution in [-0.4, -0.2) is 43.4 Å². The summed E-state index contributed by atoms with van der Waals surface area (Å²) in [5.74, 6) is 0.819. The molecule has 1 aromatic carbocycles. The van der Waals surface area contributed by atoms with Crippen LogP contribution in [0.1, 0.15) is 6.92 Å². The molecular formula is C13H19NO2S. The van der Waals surface area contributed by atoms with Gasteiger partial charge in [0.1, 0.15) is 0 Å². The summed E-state index contributed by atoms with van der Waals surface area (Å²) in [6.45, 7) is 3.51. The van der Waals surface area contributed by atoms with Crippen LogP contribution in [0.25, 0.3) is 0 Å². The lowest BCUT2D eigenvalue weighted by Crippen LogP contribution is -2.29. The summed E-state index contributed by atoms with van der Waals surface area (Å²) in [5, 5.41) is 0. The summed E-state index contributed by atoms with van der Waals surface area (Å²) in [4.78, 5) is 14.5.